The maximum absolute atomic E-state index is 13.6. The first-order valence-electron chi connectivity index (χ1n) is 10.4. The summed E-state index contributed by atoms with van der Waals surface area (Å²) in [6.07, 6.45) is 1.37. The van der Waals surface area contributed by atoms with E-state index in [1.807, 2.05) is 6.07 Å². The number of carbonyl (C=O) groups is 1. The van der Waals surface area contributed by atoms with Gasteiger partial charge in [0.2, 0.25) is 6.79 Å². The zero-order chi connectivity index (χ0) is 25.7. The number of ether oxygens (including phenoxy) is 4. The van der Waals surface area contributed by atoms with E-state index in [0.717, 1.165) is 18.2 Å². The summed E-state index contributed by atoms with van der Waals surface area (Å²) in [5, 5.41) is 23.4. The molecule has 3 aromatic carbocycles. The van der Waals surface area contributed by atoms with Crippen LogP contribution in [0.1, 0.15) is 11.1 Å². The van der Waals surface area contributed by atoms with Crippen LogP contribution < -0.4 is 24.3 Å². The lowest BCUT2D eigenvalue weighted by molar-refractivity contribution is -0.386. The number of benzene rings is 3. The van der Waals surface area contributed by atoms with Gasteiger partial charge in [-0.2, -0.15) is 5.26 Å². The summed E-state index contributed by atoms with van der Waals surface area (Å²) < 4.78 is 34.9. The minimum absolute atomic E-state index is 0.0894. The Hall–Kier alpha value is -5.11. The Morgan fingerprint density at radius 2 is 1.97 bits per heavy atom. The SMILES string of the molecule is COc1ccc(/C=C(/C#N)C(=O)Nc2ccc3c(c2)OCO3)cc1COc1cc(F)ccc1[N+](=O)[O-]. The van der Waals surface area contributed by atoms with Crippen LogP contribution in [0.4, 0.5) is 15.8 Å². The van der Waals surface area contributed by atoms with Gasteiger partial charge in [-0.15, -0.1) is 0 Å². The number of fused-ring (bicyclic) bond motifs is 1. The first-order chi connectivity index (χ1) is 17.4. The predicted molar refractivity (Wildman–Crippen MR) is 125 cm³/mol. The number of hydrogen-bond acceptors (Lipinski definition) is 8. The van der Waals surface area contributed by atoms with Gasteiger partial charge in [0, 0.05) is 29.4 Å². The largest absolute Gasteiger partial charge is 0.496 e. The van der Waals surface area contributed by atoms with E-state index in [0.29, 0.717) is 34.1 Å². The second-order valence-corrected chi connectivity index (χ2v) is 7.42. The number of anilines is 1. The smallest absolute Gasteiger partial charge is 0.311 e. The van der Waals surface area contributed by atoms with E-state index in [9.17, 15) is 24.6 Å². The number of nitro groups is 1. The van der Waals surface area contributed by atoms with Crippen molar-refractivity contribution in [3.05, 3.63) is 87.2 Å². The van der Waals surface area contributed by atoms with Crippen LogP contribution in [0.25, 0.3) is 6.08 Å². The van der Waals surface area contributed by atoms with Crippen LogP contribution in [-0.4, -0.2) is 24.7 Å². The van der Waals surface area contributed by atoms with Crippen LogP contribution in [-0.2, 0) is 11.4 Å². The van der Waals surface area contributed by atoms with Crippen molar-refractivity contribution < 1.29 is 33.1 Å². The Labute approximate surface area is 204 Å². The Balaban J connectivity index is 1.54. The summed E-state index contributed by atoms with van der Waals surface area (Å²) in [5.41, 5.74) is 0.786. The van der Waals surface area contributed by atoms with Crippen molar-refractivity contribution in [3.63, 3.8) is 0 Å². The highest BCUT2D eigenvalue weighted by atomic mass is 19.1. The molecule has 0 atom stereocenters. The number of nitriles is 1. The number of carbonyl (C=O) groups excluding carboxylic acids is 1. The molecule has 0 aromatic heterocycles. The quantitative estimate of drug-likeness (QED) is 0.209. The summed E-state index contributed by atoms with van der Waals surface area (Å²) in [6, 6.07) is 14.4. The third kappa shape index (κ3) is 5.34. The van der Waals surface area contributed by atoms with E-state index in [1.54, 1.807) is 36.4 Å². The number of hydrogen-bond donors (Lipinski definition) is 1. The maximum Gasteiger partial charge on any atom is 0.311 e. The molecule has 0 spiro atoms. The van der Waals surface area contributed by atoms with Crippen LogP contribution >= 0.6 is 0 Å². The van der Waals surface area contributed by atoms with Crippen molar-refractivity contribution in [2.24, 2.45) is 0 Å². The number of rotatable bonds is 8. The van der Waals surface area contributed by atoms with Gasteiger partial charge in [-0.3, -0.25) is 14.9 Å². The zero-order valence-corrected chi connectivity index (χ0v) is 18.8. The van der Waals surface area contributed by atoms with Gasteiger partial charge in [0.15, 0.2) is 17.2 Å². The fraction of sp³-hybridized carbons (Fsp3) is 0.120. The summed E-state index contributed by atoms with van der Waals surface area (Å²) in [5.74, 6) is -0.140. The number of amides is 1. The van der Waals surface area contributed by atoms with E-state index in [-0.39, 0.29) is 24.7 Å². The number of nitro benzene ring substituents is 1. The van der Waals surface area contributed by atoms with Crippen molar-refractivity contribution in [3.8, 4) is 29.1 Å². The Kier molecular flexibility index (Phi) is 6.97. The molecule has 1 amide bonds. The molecule has 3 aromatic rings. The van der Waals surface area contributed by atoms with Crippen LogP contribution in [0.5, 0.6) is 23.0 Å². The fourth-order valence-corrected chi connectivity index (χ4v) is 3.40. The third-order valence-electron chi connectivity index (χ3n) is 5.11. The first kappa shape index (κ1) is 24.0. The average Bonchev–Trinajstić information content (AvgIpc) is 3.33. The van der Waals surface area contributed by atoms with Gasteiger partial charge in [0.05, 0.1) is 12.0 Å². The van der Waals surface area contributed by atoms with Gasteiger partial charge in [0.1, 0.15) is 29.8 Å². The Morgan fingerprint density at radius 3 is 2.72 bits per heavy atom. The molecule has 0 saturated heterocycles. The molecule has 36 heavy (non-hydrogen) atoms. The van der Waals surface area contributed by atoms with E-state index >= 15 is 0 Å². The molecule has 0 fully saturated rings. The van der Waals surface area contributed by atoms with Crippen LogP contribution in [0, 0.1) is 27.3 Å². The van der Waals surface area contributed by atoms with Gasteiger partial charge in [-0.05, 0) is 42.0 Å². The molecular weight excluding hydrogens is 473 g/mol. The van der Waals surface area contributed by atoms with Gasteiger partial charge in [-0.25, -0.2) is 4.39 Å². The van der Waals surface area contributed by atoms with Crippen molar-refractivity contribution >= 4 is 23.4 Å². The lowest BCUT2D eigenvalue weighted by Gasteiger charge is -2.12. The maximum atomic E-state index is 13.6. The number of halogens is 1. The zero-order valence-electron chi connectivity index (χ0n) is 18.8. The minimum atomic E-state index is -0.689. The van der Waals surface area contributed by atoms with Crippen LogP contribution in [0.2, 0.25) is 0 Å². The summed E-state index contributed by atoms with van der Waals surface area (Å²) in [6.45, 7) is -0.105. The van der Waals surface area contributed by atoms with Gasteiger partial charge in [0.25, 0.3) is 5.91 Å². The molecule has 1 heterocycles. The predicted octanol–water partition coefficient (Wildman–Crippen LogP) is 4.60. The van der Waals surface area contributed by atoms with Crippen molar-refractivity contribution in [1.29, 1.82) is 5.26 Å². The molecule has 1 aliphatic rings. The van der Waals surface area contributed by atoms with Gasteiger partial charge >= 0.3 is 5.69 Å². The van der Waals surface area contributed by atoms with Crippen molar-refractivity contribution in [1.82, 2.24) is 0 Å². The van der Waals surface area contributed by atoms with E-state index in [4.69, 9.17) is 18.9 Å². The van der Waals surface area contributed by atoms with Gasteiger partial charge in [-0.1, -0.05) is 6.07 Å². The highest BCUT2D eigenvalue weighted by Crippen LogP contribution is 2.34. The van der Waals surface area contributed by atoms with Crippen molar-refractivity contribution in [2.45, 2.75) is 6.61 Å². The lowest BCUT2D eigenvalue weighted by Crippen LogP contribution is -2.13. The average molecular weight is 491 g/mol. The molecule has 0 aliphatic carbocycles. The lowest BCUT2D eigenvalue weighted by atomic mass is 10.1. The van der Waals surface area contributed by atoms with E-state index in [1.165, 1.54) is 13.2 Å². The molecule has 1 N–H and O–H groups in total. The normalized spacial score (nSPS) is 12.0. The number of nitrogens with zero attached hydrogens (tertiary/aromatic N) is 2. The Bertz CT molecular complexity index is 1420. The number of nitrogens with one attached hydrogen (secondary N) is 1. The molecule has 0 bridgehead atoms. The molecule has 0 unspecified atom stereocenters. The van der Waals surface area contributed by atoms with Gasteiger partial charge < -0.3 is 24.3 Å². The minimum Gasteiger partial charge on any atom is -0.496 e. The Morgan fingerprint density at radius 1 is 1.17 bits per heavy atom. The standard InChI is InChI=1S/C25H18FN3O7/c1-33-21-6-2-15(9-17(21)13-34-23-10-18(26)3-5-20(23)29(31)32)8-16(12-27)25(30)28-19-4-7-22-24(11-19)36-14-35-22/h2-11H,13-14H2,1H3,(H,28,30)/b16-8-. The second-order valence-electron chi connectivity index (χ2n) is 7.42. The topological polar surface area (TPSA) is 133 Å². The second kappa shape index (κ2) is 10.4. The van der Waals surface area contributed by atoms with Crippen molar-refractivity contribution in [2.75, 3.05) is 19.2 Å². The van der Waals surface area contributed by atoms with Crippen LogP contribution in [0.3, 0.4) is 0 Å². The summed E-state index contributed by atoms with van der Waals surface area (Å²) >= 11 is 0. The highest BCUT2D eigenvalue weighted by Gasteiger charge is 2.18. The third-order valence-corrected chi connectivity index (χ3v) is 5.11. The molecule has 182 valence electrons. The molecule has 0 saturated carbocycles. The summed E-state index contributed by atoms with van der Waals surface area (Å²) in [4.78, 5) is 23.2. The molecule has 0 radical (unpaired) electrons. The number of methoxy groups -OCH3 is 1. The first-order valence-corrected chi connectivity index (χ1v) is 10.4. The molecule has 1 aliphatic heterocycles. The van der Waals surface area contributed by atoms with E-state index < -0.39 is 22.3 Å². The van der Waals surface area contributed by atoms with E-state index in [2.05, 4.69) is 5.32 Å². The van der Waals surface area contributed by atoms with Crippen LogP contribution in [0.15, 0.2) is 60.2 Å². The highest BCUT2D eigenvalue weighted by molar-refractivity contribution is 6.09. The summed E-state index contributed by atoms with van der Waals surface area (Å²) in [7, 11) is 1.43. The molecule has 11 heteroatoms. The molecule has 4 rings (SSSR count). The monoisotopic (exact) mass is 491 g/mol. The molecular formula is C25H18FN3O7. The fourth-order valence-electron chi connectivity index (χ4n) is 3.40. The molecule has 10 nitrogen and oxygen atoms in total.